The maximum absolute atomic E-state index is 9.72. The number of hydrogen-bond acceptors (Lipinski definition) is 3. The lowest BCUT2D eigenvalue weighted by Crippen LogP contribution is -1.92. The first-order valence-corrected chi connectivity index (χ1v) is 2.14. The fourth-order valence-electron chi connectivity index (χ4n) is 0.0393. The average molecular weight is 106 g/mol. The second kappa shape index (κ2) is 3.33. The molecular weight excluding hydrogens is 103 g/mol. The van der Waals surface area contributed by atoms with Gasteiger partial charge >= 0.3 is 8.05 Å². The Hall–Kier alpha value is 0.135. The second-order valence-corrected chi connectivity index (χ2v) is 1.40. The Kier molecular flexibility index (Phi) is 3.40. The van der Waals surface area contributed by atoms with Gasteiger partial charge in [0, 0.05) is 0 Å². The van der Waals surface area contributed by atoms with E-state index in [0.717, 1.165) is 0 Å². The lowest BCUT2D eigenvalue weighted by molar-refractivity contribution is 0.393. The molecule has 0 aromatic carbocycles. The van der Waals surface area contributed by atoms with Crippen molar-refractivity contribution in [3.63, 3.8) is 0 Å². The molecule has 0 saturated heterocycles. The first kappa shape index (κ1) is 6.13. The van der Waals surface area contributed by atoms with Gasteiger partial charge in [0.05, 0.1) is 7.11 Å². The molecule has 0 aromatic heterocycles. The van der Waals surface area contributed by atoms with Crippen molar-refractivity contribution >= 4 is 19.4 Å². The summed E-state index contributed by atoms with van der Waals surface area (Å²) < 4.78 is 17.4. The summed E-state index contributed by atoms with van der Waals surface area (Å²) in [7, 11) is 5.58. The lowest BCUT2D eigenvalue weighted by Gasteiger charge is -1.87. The van der Waals surface area contributed by atoms with E-state index < -0.39 is 11.4 Å². The second-order valence-electron chi connectivity index (χ2n) is 0.467. The molecule has 1 atom stereocenters. The maximum Gasteiger partial charge on any atom is 0.311 e. The first-order valence-electron chi connectivity index (χ1n) is 1.14. The number of rotatable bonds is 2. The van der Waals surface area contributed by atoms with Crippen LogP contribution in [-0.4, -0.2) is 19.4 Å². The first-order chi connectivity index (χ1) is 2.81. The molecule has 0 fully saturated rings. The normalized spacial score (nSPS) is 14.2. The van der Waals surface area contributed by atoms with Gasteiger partial charge in [0.2, 0.25) is 0 Å². The van der Waals surface area contributed by atoms with Gasteiger partial charge in [-0.1, -0.05) is 0 Å². The predicted octanol–water partition coefficient (Wildman–Crippen LogP) is -0.688. The van der Waals surface area contributed by atoms with Crippen LogP contribution in [-0.2, 0) is 19.6 Å². The molecule has 0 aliphatic rings. The Labute approximate surface area is 39.9 Å². The third-order valence-electron chi connectivity index (χ3n) is 0.215. The van der Waals surface area contributed by atoms with Gasteiger partial charge in [-0.2, -0.15) is 4.21 Å². The summed E-state index contributed by atoms with van der Waals surface area (Å²) >= 11 is -1.76. The van der Waals surface area contributed by atoms with Gasteiger partial charge in [-0.25, -0.2) is 0 Å². The van der Waals surface area contributed by atoms with Crippen molar-refractivity contribution < 1.29 is 12.5 Å². The molecule has 2 radical (unpaired) electrons. The topological polar surface area (TPSA) is 35.5 Å². The Morgan fingerprint density at radius 1 is 1.83 bits per heavy atom. The zero-order valence-electron chi connectivity index (χ0n) is 3.21. The largest absolute Gasteiger partial charge is 0.346 e. The molecule has 3 nitrogen and oxygen atoms in total. The molecule has 0 N–H and O–H groups in total. The molecule has 0 heterocycles. The summed E-state index contributed by atoms with van der Waals surface area (Å²) in [5.41, 5.74) is 0. The van der Waals surface area contributed by atoms with Gasteiger partial charge in [0.25, 0.3) is 11.4 Å². The Morgan fingerprint density at radius 3 is 2.33 bits per heavy atom. The third kappa shape index (κ3) is 2.38. The molecule has 0 spiro atoms. The summed E-state index contributed by atoms with van der Waals surface area (Å²) in [5.74, 6) is 0. The molecule has 0 amide bonds. The van der Waals surface area contributed by atoms with Crippen LogP contribution < -0.4 is 0 Å². The fraction of sp³-hybridized carbons (Fsp3) is 1.00. The van der Waals surface area contributed by atoms with Crippen LogP contribution in [0.1, 0.15) is 0 Å². The van der Waals surface area contributed by atoms with Crippen molar-refractivity contribution in [2.75, 3.05) is 7.11 Å². The summed E-state index contributed by atoms with van der Waals surface area (Å²) in [6.07, 6.45) is 0. The monoisotopic (exact) mass is 106 g/mol. The van der Waals surface area contributed by atoms with Gasteiger partial charge in [-0.3, -0.25) is 4.18 Å². The van der Waals surface area contributed by atoms with Gasteiger partial charge in [0.15, 0.2) is 0 Å². The summed E-state index contributed by atoms with van der Waals surface area (Å²) in [6, 6.07) is 0. The highest BCUT2D eigenvalue weighted by Crippen LogP contribution is 1.75. The van der Waals surface area contributed by atoms with Gasteiger partial charge in [-0.15, -0.1) is 0 Å². The van der Waals surface area contributed by atoms with E-state index in [1.165, 1.54) is 7.11 Å². The molecular formula is CH3BO3S. The zero-order chi connectivity index (χ0) is 4.99. The van der Waals surface area contributed by atoms with Crippen molar-refractivity contribution in [1.29, 1.82) is 0 Å². The van der Waals surface area contributed by atoms with Crippen LogP contribution in [0.2, 0.25) is 0 Å². The van der Waals surface area contributed by atoms with Gasteiger partial charge in [-0.05, 0) is 0 Å². The van der Waals surface area contributed by atoms with Crippen LogP contribution in [0.4, 0.5) is 0 Å². The van der Waals surface area contributed by atoms with Crippen LogP contribution in [0.5, 0.6) is 0 Å². The summed E-state index contributed by atoms with van der Waals surface area (Å²) in [4.78, 5) is 0. The van der Waals surface area contributed by atoms with E-state index in [4.69, 9.17) is 0 Å². The molecule has 34 valence electrons. The van der Waals surface area contributed by atoms with Gasteiger partial charge in [0.1, 0.15) is 0 Å². The standard InChI is InChI=1S/CH3BO3S/c1-4-6(3)5-2/h1H3. The molecule has 0 saturated carbocycles. The predicted molar refractivity (Wildman–Crippen MR) is 22.0 cm³/mol. The van der Waals surface area contributed by atoms with E-state index >= 15 is 0 Å². The molecule has 0 rings (SSSR count). The molecule has 0 aromatic rings. The quantitative estimate of drug-likeness (QED) is 0.437. The Morgan fingerprint density at radius 2 is 2.33 bits per heavy atom. The fourth-order valence-corrected chi connectivity index (χ4v) is 0.118. The van der Waals surface area contributed by atoms with Crippen LogP contribution in [0.25, 0.3) is 0 Å². The third-order valence-corrected chi connectivity index (χ3v) is 0.644. The summed E-state index contributed by atoms with van der Waals surface area (Å²) in [5, 5.41) is 0. The molecule has 0 bridgehead atoms. The number of hydrogen-bond donors (Lipinski definition) is 0. The maximum atomic E-state index is 9.72. The van der Waals surface area contributed by atoms with E-state index in [1.54, 1.807) is 0 Å². The smallest absolute Gasteiger partial charge is 0.311 e. The van der Waals surface area contributed by atoms with Crippen LogP contribution >= 0.6 is 0 Å². The zero-order valence-corrected chi connectivity index (χ0v) is 4.03. The van der Waals surface area contributed by atoms with Crippen molar-refractivity contribution in [2.24, 2.45) is 0 Å². The van der Waals surface area contributed by atoms with E-state index in [0.29, 0.717) is 0 Å². The van der Waals surface area contributed by atoms with E-state index in [-0.39, 0.29) is 0 Å². The van der Waals surface area contributed by atoms with Crippen LogP contribution in [0.15, 0.2) is 0 Å². The van der Waals surface area contributed by atoms with Crippen molar-refractivity contribution in [2.45, 2.75) is 0 Å². The van der Waals surface area contributed by atoms with Crippen molar-refractivity contribution in [3.8, 4) is 0 Å². The molecule has 6 heavy (non-hydrogen) atoms. The molecule has 5 heteroatoms. The minimum Gasteiger partial charge on any atom is -0.346 e. The van der Waals surface area contributed by atoms with E-state index in [2.05, 4.69) is 16.3 Å². The van der Waals surface area contributed by atoms with Crippen molar-refractivity contribution in [3.05, 3.63) is 0 Å². The highest BCUT2D eigenvalue weighted by molar-refractivity contribution is 7.75. The van der Waals surface area contributed by atoms with Gasteiger partial charge < -0.3 is 4.10 Å². The van der Waals surface area contributed by atoms with Crippen LogP contribution in [0.3, 0.4) is 0 Å². The Bertz CT molecular complexity index is 48.8. The lowest BCUT2D eigenvalue weighted by atomic mass is 10.6. The van der Waals surface area contributed by atoms with E-state index in [1.807, 2.05) is 0 Å². The van der Waals surface area contributed by atoms with E-state index in [9.17, 15) is 4.21 Å². The average Bonchev–Trinajstić information content (AvgIpc) is 1.65. The SMILES string of the molecule is [B]OS(=O)OC. The molecule has 0 aliphatic heterocycles. The van der Waals surface area contributed by atoms with Crippen LogP contribution in [0, 0.1) is 0 Å². The minimum absolute atomic E-state index is 1.23. The summed E-state index contributed by atoms with van der Waals surface area (Å²) in [6.45, 7) is 0. The highest BCUT2D eigenvalue weighted by atomic mass is 32.2. The molecule has 0 aliphatic carbocycles. The highest BCUT2D eigenvalue weighted by Gasteiger charge is 1.84. The van der Waals surface area contributed by atoms with Crippen molar-refractivity contribution in [1.82, 2.24) is 0 Å². The Balaban J connectivity index is 2.99. The minimum atomic E-state index is -1.76. The molecule has 1 unspecified atom stereocenters.